The maximum absolute atomic E-state index is 13.7. The summed E-state index contributed by atoms with van der Waals surface area (Å²) in [6, 6.07) is 7.28. The molecule has 146 valence electrons. The smallest absolute Gasteiger partial charge is 0.339 e. The van der Waals surface area contributed by atoms with Gasteiger partial charge in [-0.1, -0.05) is 12.1 Å². The molecule has 0 amide bonds. The van der Waals surface area contributed by atoms with Crippen molar-refractivity contribution in [1.82, 2.24) is 14.3 Å². The summed E-state index contributed by atoms with van der Waals surface area (Å²) in [5, 5.41) is 18.7. The van der Waals surface area contributed by atoms with Gasteiger partial charge in [0.25, 0.3) is 0 Å². The van der Waals surface area contributed by atoms with Gasteiger partial charge in [0.1, 0.15) is 29.0 Å². The zero-order valence-electron chi connectivity index (χ0n) is 14.6. The van der Waals surface area contributed by atoms with Crippen LogP contribution in [0.4, 0.5) is 4.39 Å². The van der Waals surface area contributed by atoms with Crippen LogP contribution in [0, 0.1) is 5.82 Å². The molecule has 0 aliphatic carbocycles. The summed E-state index contributed by atoms with van der Waals surface area (Å²) in [6.45, 7) is 0. The molecule has 1 heterocycles. The van der Waals surface area contributed by atoms with Crippen LogP contribution in [-0.2, 0) is 17.1 Å². The molecule has 0 aliphatic heterocycles. The number of benzene rings is 2. The van der Waals surface area contributed by atoms with Gasteiger partial charge in [-0.15, -0.1) is 0 Å². The van der Waals surface area contributed by atoms with Gasteiger partial charge < -0.3 is 14.8 Å². The Labute approximate surface area is 160 Å². The van der Waals surface area contributed by atoms with Crippen LogP contribution in [0.5, 0.6) is 5.75 Å². The second-order valence-electron chi connectivity index (χ2n) is 5.99. The lowest BCUT2D eigenvalue weighted by atomic mass is 10.1. The summed E-state index contributed by atoms with van der Waals surface area (Å²) >= 11 is 0. The number of aromatic hydroxyl groups is 1. The Morgan fingerprint density at radius 3 is 2.61 bits per heavy atom. The van der Waals surface area contributed by atoms with E-state index in [1.54, 1.807) is 23.9 Å². The number of nitrogens with one attached hydrogen (secondary N) is 1. The van der Waals surface area contributed by atoms with Crippen LogP contribution in [0.3, 0.4) is 0 Å². The quantitative estimate of drug-likeness (QED) is 0.577. The van der Waals surface area contributed by atoms with Crippen LogP contribution in [0.15, 0.2) is 59.8 Å². The second-order valence-corrected chi connectivity index (χ2v) is 7.70. The van der Waals surface area contributed by atoms with Gasteiger partial charge >= 0.3 is 5.97 Å². The SMILES string of the molecule is Cn1ccnc1C(NS(=O)(=O)c1ccc(O)c(C(=O)O)c1)c1cccc(F)c1. The van der Waals surface area contributed by atoms with Gasteiger partial charge in [-0.3, -0.25) is 0 Å². The van der Waals surface area contributed by atoms with Crippen molar-refractivity contribution in [3.63, 3.8) is 0 Å². The molecule has 10 heteroatoms. The minimum absolute atomic E-state index is 0.311. The van der Waals surface area contributed by atoms with Crippen LogP contribution < -0.4 is 4.72 Å². The van der Waals surface area contributed by atoms with Crippen molar-refractivity contribution in [2.45, 2.75) is 10.9 Å². The van der Waals surface area contributed by atoms with Crippen molar-refractivity contribution in [1.29, 1.82) is 0 Å². The largest absolute Gasteiger partial charge is 0.507 e. The van der Waals surface area contributed by atoms with Gasteiger partial charge in [0.15, 0.2) is 0 Å². The van der Waals surface area contributed by atoms with Crippen LogP contribution in [0.2, 0.25) is 0 Å². The molecule has 1 unspecified atom stereocenters. The lowest BCUT2D eigenvalue weighted by Crippen LogP contribution is -2.31. The number of imidazole rings is 1. The highest BCUT2D eigenvalue weighted by Crippen LogP contribution is 2.26. The maximum atomic E-state index is 13.7. The Morgan fingerprint density at radius 2 is 2.00 bits per heavy atom. The van der Waals surface area contributed by atoms with E-state index in [1.165, 1.54) is 24.4 Å². The molecular weight excluding hydrogens is 389 g/mol. The zero-order valence-corrected chi connectivity index (χ0v) is 15.4. The Hall–Kier alpha value is -3.24. The van der Waals surface area contributed by atoms with E-state index in [2.05, 4.69) is 9.71 Å². The first kappa shape index (κ1) is 19.5. The van der Waals surface area contributed by atoms with E-state index in [1.807, 2.05) is 0 Å². The van der Waals surface area contributed by atoms with E-state index >= 15 is 0 Å². The summed E-state index contributed by atoms with van der Waals surface area (Å²) in [7, 11) is -2.58. The number of carboxylic acids is 1. The predicted octanol–water partition coefficient (Wildman–Crippen LogP) is 2.03. The number of hydrogen-bond acceptors (Lipinski definition) is 5. The summed E-state index contributed by atoms with van der Waals surface area (Å²) < 4.78 is 43.5. The number of nitrogens with zero attached hydrogens (tertiary/aromatic N) is 2. The van der Waals surface area contributed by atoms with Gasteiger partial charge in [0.05, 0.1) is 4.90 Å². The van der Waals surface area contributed by atoms with Crippen molar-refractivity contribution in [2.75, 3.05) is 0 Å². The fourth-order valence-electron chi connectivity index (χ4n) is 2.69. The fraction of sp³-hybridized carbons (Fsp3) is 0.111. The van der Waals surface area contributed by atoms with Crippen molar-refractivity contribution < 1.29 is 27.8 Å². The van der Waals surface area contributed by atoms with Crippen molar-refractivity contribution in [2.24, 2.45) is 7.05 Å². The molecule has 1 atom stereocenters. The summed E-state index contributed by atoms with van der Waals surface area (Å²) in [4.78, 5) is 15.0. The average molecular weight is 405 g/mol. The number of aromatic nitrogens is 2. The molecule has 0 saturated carbocycles. The van der Waals surface area contributed by atoms with Crippen LogP contribution in [-0.4, -0.2) is 34.2 Å². The summed E-state index contributed by atoms with van der Waals surface area (Å²) in [5.41, 5.74) is -0.239. The van der Waals surface area contributed by atoms with Crippen molar-refractivity contribution >= 4 is 16.0 Å². The lowest BCUT2D eigenvalue weighted by molar-refractivity contribution is 0.0693. The fourth-order valence-corrected chi connectivity index (χ4v) is 3.90. The van der Waals surface area contributed by atoms with Crippen LogP contribution >= 0.6 is 0 Å². The highest BCUT2D eigenvalue weighted by atomic mass is 32.2. The monoisotopic (exact) mass is 405 g/mol. The van der Waals surface area contributed by atoms with Crippen LogP contribution in [0.25, 0.3) is 0 Å². The molecule has 0 bridgehead atoms. The third-order valence-electron chi connectivity index (χ3n) is 4.08. The minimum atomic E-state index is -4.24. The van der Waals surface area contributed by atoms with Gasteiger partial charge in [-0.05, 0) is 35.9 Å². The topological polar surface area (TPSA) is 122 Å². The predicted molar refractivity (Wildman–Crippen MR) is 96.8 cm³/mol. The molecule has 8 nitrogen and oxygen atoms in total. The van der Waals surface area contributed by atoms with E-state index in [9.17, 15) is 22.7 Å². The lowest BCUT2D eigenvalue weighted by Gasteiger charge is -2.19. The number of hydrogen-bond donors (Lipinski definition) is 3. The number of sulfonamides is 1. The van der Waals surface area contributed by atoms with E-state index in [4.69, 9.17) is 5.11 Å². The molecule has 0 fully saturated rings. The Bertz CT molecular complexity index is 1140. The standard InChI is InChI=1S/C18H16FN3O5S/c1-22-8-7-20-17(22)16(11-3-2-4-12(19)9-11)21-28(26,27)13-5-6-15(23)14(10-13)18(24)25/h2-10,16,21,23H,1H3,(H,24,25). The maximum Gasteiger partial charge on any atom is 0.339 e. The second kappa shape index (κ2) is 7.41. The Balaban J connectivity index is 2.07. The highest BCUT2D eigenvalue weighted by molar-refractivity contribution is 7.89. The highest BCUT2D eigenvalue weighted by Gasteiger charge is 2.27. The van der Waals surface area contributed by atoms with E-state index in [0.717, 1.165) is 18.2 Å². The normalized spacial score (nSPS) is 12.6. The molecule has 28 heavy (non-hydrogen) atoms. The number of rotatable bonds is 6. The Morgan fingerprint density at radius 1 is 1.25 bits per heavy atom. The molecule has 3 N–H and O–H groups in total. The first-order valence-electron chi connectivity index (χ1n) is 8.00. The minimum Gasteiger partial charge on any atom is -0.507 e. The van der Waals surface area contributed by atoms with Crippen LogP contribution in [0.1, 0.15) is 27.8 Å². The number of aryl methyl sites for hydroxylation is 1. The van der Waals surface area contributed by atoms with E-state index in [0.29, 0.717) is 11.4 Å². The van der Waals surface area contributed by atoms with Gasteiger partial charge in [0.2, 0.25) is 10.0 Å². The molecule has 0 radical (unpaired) electrons. The number of phenols is 1. The third kappa shape index (κ3) is 3.87. The molecule has 1 aromatic heterocycles. The number of aromatic carboxylic acids is 1. The number of halogens is 1. The van der Waals surface area contributed by atoms with E-state index in [-0.39, 0.29) is 4.90 Å². The summed E-state index contributed by atoms with van der Waals surface area (Å²) in [5.74, 6) is -2.27. The van der Waals surface area contributed by atoms with Crippen molar-refractivity contribution in [3.05, 3.63) is 77.6 Å². The molecule has 3 aromatic rings. The first-order valence-corrected chi connectivity index (χ1v) is 9.48. The molecule has 0 aliphatic rings. The number of carbonyl (C=O) groups is 1. The Kier molecular flexibility index (Phi) is 5.16. The molecule has 2 aromatic carbocycles. The van der Waals surface area contributed by atoms with Gasteiger partial charge in [0, 0.05) is 19.4 Å². The first-order chi connectivity index (χ1) is 13.2. The van der Waals surface area contributed by atoms with Gasteiger partial charge in [-0.2, -0.15) is 4.72 Å². The molecular formula is C18H16FN3O5S. The number of carboxylic acid groups (broad SMARTS) is 1. The molecule has 0 saturated heterocycles. The summed E-state index contributed by atoms with van der Waals surface area (Å²) in [6.07, 6.45) is 3.08. The average Bonchev–Trinajstić information content (AvgIpc) is 3.05. The third-order valence-corrected chi connectivity index (χ3v) is 5.50. The molecule has 3 rings (SSSR count). The molecule has 0 spiro atoms. The van der Waals surface area contributed by atoms with E-state index < -0.39 is 39.2 Å². The van der Waals surface area contributed by atoms with Gasteiger partial charge in [-0.25, -0.2) is 22.6 Å². The van der Waals surface area contributed by atoms with Crippen molar-refractivity contribution in [3.8, 4) is 5.75 Å². The zero-order chi connectivity index (χ0) is 20.5.